The van der Waals surface area contributed by atoms with Gasteiger partial charge in [-0.2, -0.15) is 0 Å². The van der Waals surface area contributed by atoms with E-state index in [1.54, 1.807) is 19.1 Å². The van der Waals surface area contributed by atoms with Crippen molar-refractivity contribution >= 4 is 0 Å². The molecule has 0 aromatic heterocycles. The molecule has 1 N–H and O–H groups in total. The van der Waals surface area contributed by atoms with Crippen LogP contribution in [0.3, 0.4) is 0 Å². The fraction of sp³-hybridized carbons (Fsp3) is 0.273. The van der Waals surface area contributed by atoms with Gasteiger partial charge in [-0.25, -0.2) is 4.39 Å². The van der Waals surface area contributed by atoms with Crippen molar-refractivity contribution in [2.45, 2.75) is 18.9 Å². The van der Waals surface area contributed by atoms with Crippen LogP contribution in [0.15, 0.2) is 24.3 Å². The van der Waals surface area contributed by atoms with Gasteiger partial charge in [-0.05, 0) is 24.6 Å². The Morgan fingerprint density at radius 1 is 1.46 bits per heavy atom. The molecule has 0 aliphatic heterocycles. The number of hydrogen-bond donors (Lipinski definition) is 1. The highest BCUT2D eigenvalue weighted by Crippen LogP contribution is 2.12. The van der Waals surface area contributed by atoms with Crippen molar-refractivity contribution in [1.82, 2.24) is 0 Å². The molecule has 0 amide bonds. The number of terminal acetylenes is 1. The molecule has 13 heavy (non-hydrogen) atoms. The summed E-state index contributed by atoms with van der Waals surface area (Å²) in [6.07, 6.45) is 5.45. The van der Waals surface area contributed by atoms with E-state index in [2.05, 4.69) is 5.92 Å². The highest BCUT2D eigenvalue weighted by Gasteiger charge is 2.16. The molecule has 0 fully saturated rings. The van der Waals surface area contributed by atoms with Crippen molar-refractivity contribution in [3.8, 4) is 12.3 Å². The topological polar surface area (TPSA) is 20.2 Å². The van der Waals surface area contributed by atoms with Gasteiger partial charge < -0.3 is 5.11 Å². The molecule has 2 heteroatoms. The van der Waals surface area contributed by atoms with E-state index in [-0.39, 0.29) is 5.82 Å². The van der Waals surface area contributed by atoms with Gasteiger partial charge in [0.15, 0.2) is 0 Å². The third-order valence-corrected chi connectivity index (χ3v) is 1.77. The summed E-state index contributed by atoms with van der Waals surface area (Å²) in [5.74, 6) is 1.98. The molecular weight excluding hydrogens is 167 g/mol. The molecule has 0 radical (unpaired) electrons. The van der Waals surface area contributed by atoms with Gasteiger partial charge in [0, 0.05) is 6.42 Å². The van der Waals surface area contributed by atoms with E-state index >= 15 is 0 Å². The van der Waals surface area contributed by atoms with Crippen LogP contribution in [0, 0.1) is 18.2 Å². The average Bonchev–Trinajstić information content (AvgIpc) is 2.09. The van der Waals surface area contributed by atoms with E-state index in [1.165, 1.54) is 12.1 Å². The molecule has 0 aliphatic carbocycles. The zero-order chi connectivity index (χ0) is 9.90. The summed E-state index contributed by atoms with van der Waals surface area (Å²) in [5.41, 5.74) is -0.331. The molecule has 0 aliphatic rings. The first-order valence-corrected chi connectivity index (χ1v) is 3.98. The van der Waals surface area contributed by atoms with E-state index in [0.29, 0.717) is 6.42 Å². The molecule has 1 nitrogen and oxygen atoms in total. The second-order valence-corrected chi connectivity index (χ2v) is 3.22. The van der Waals surface area contributed by atoms with Crippen LogP contribution in [0.5, 0.6) is 0 Å². The zero-order valence-corrected chi connectivity index (χ0v) is 7.42. The minimum atomic E-state index is -1.15. The molecule has 1 aromatic rings. The predicted octanol–water partition coefficient (Wildman–Crippen LogP) is 1.75. The van der Waals surface area contributed by atoms with Crippen molar-refractivity contribution in [2.75, 3.05) is 0 Å². The Labute approximate surface area is 77.2 Å². The lowest BCUT2D eigenvalue weighted by Gasteiger charge is -2.15. The predicted molar refractivity (Wildman–Crippen MR) is 49.6 cm³/mol. The number of aliphatic hydroxyl groups is 1. The summed E-state index contributed by atoms with van der Waals surface area (Å²) in [4.78, 5) is 0. The minimum Gasteiger partial charge on any atom is -0.378 e. The number of hydrogen-bond acceptors (Lipinski definition) is 1. The molecule has 1 unspecified atom stereocenters. The van der Waals surface area contributed by atoms with Gasteiger partial charge in [-0.1, -0.05) is 18.1 Å². The van der Waals surface area contributed by atoms with Gasteiger partial charge in [0.25, 0.3) is 0 Å². The Hall–Kier alpha value is -1.33. The third kappa shape index (κ3) is 2.89. The smallest absolute Gasteiger partial charge is 0.126 e. The van der Waals surface area contributed by atoms with Crippen LogP contribution in [0.1, 0.15) is 12.5 Å². The van der Waals surface area contributed by atoms with E-state index in [4.69, 9.17) is 6.42 Å². The van der Waals surface area contributed by atoms with Crippen LogP contribution in [0.25, 0.3) is 0 Å². The van der Waals surface area contributed by atoms with E-state index in [0.717, 1.165) is 5.56 Å². The maximum atomic E-state index is 12.5. The standard InChI is InChI=1S/C11H11FO/c1-3-11(2,13)8-9-4-6-10(12)7-5-9/h1,4-7,13H,8H2,2H3. The Kier molecular flexibility index (Phi) is 2.69. The van der Waals surface area contributed by atoms with Crippen LogP contribution >= 0.6 is 0 Å². The van der Waals surface area contributed by atoms with Crippen LogP contribution in [0.4, 0.5) is 4.39 Å². The molecular formula is C11H11FO. The van der Waals surface area contributed by atoms with Gasteiger partial charge in [0.1, 0.15) is 11.4 Å². The van der Waals surface area contributed by atoms with Gasteiger partial charge in [-0.15, -0.1) is 6.42 Å². The van der Waals surface area contributed by atoms with Crippen LogP contribution < -0.4 is 0 Å². The maximum Gasteiger partial charge on any atom is 0.126 e. The summed E-state index contributed by atoms with van der Waals surface area (Å²) in [6.45, 7) is 1.55. The Morgan fingerprint density at radius 2 is 2.00 bits per heavy atom. The quantitative estimate of drug-likeness (QED) is 0.684. The van der Waals surface area contributed by atoms with E-state index < -0.39 is 5.60 Å². The number of rotatable bonds is 2. The van der Waals surface area contributed by atoms with E-state index in [9.17, 15) is 9.50 Å². The molecule has 68 valence electrons. The van der Waals surface area contributed by atoms with Crippen molar-refractivity contribution in [3.05, 3.63) is 35.6 Å². The first-order chi connectivity index (χ1) is 6.03. The third-order valence-electron chi connectivity index (χ3n) is 1.77. The summed E-state index contributed by atoms with van der Waals surface area (Å²) >= 11 is 0. The second kappa shape index (κ2) is 3.59. The molecule has 0 heterocycles. The monoisotopic (exact) mass is 178 g/mol. The van der Waals surface area contributed by atoms with Gasteiger partial charge >= 0.3 is 0 Å². The summed E-state index contributed by atoms with van der Waals surface area (Å²) < 4.78 is 12.5. The normalized spacial score (nSPS) is 14.6. The first-order valence-electron chi connectivity index (χ1n) is 3.98. The summed E-state index contributed by atoms with van der Waals surface area (Å²) in [6, 6.07) is 5.92. The Balaban J connectivity index is 2.77. The average molecular weight is 178 g/mol. The minimum absolute atomic E-state index is 0.288. The molecule has 0 saturated carbocycles. The molecule has 0 saturated heterocycles. The van der Waals surface area contributed by atoms with Crippen LogP contribution in [-0.4, -0.2) is 10.7 Å². The lowest BCUT2D eigenvalue weighted by Crippen LogP contribution is -2.24. The van der Waals surface area contributed by atoms with Crippen LogP contribution in [0.2, 0.25) is 0 Å². The molecule has 1 rings (SSSR count). The SMILES string of the molecule is C#CC(C)(O)Cc1ccc(F)cc1. The van der Waals surface area contributed by atoms with Gasteiger partial charge in [0.2, 0.25) is 0 Å². The largest absolute Gasteiger partial charge is 0.378 e. The lowest BCUT2D eigenvalue weighted by atomic mass is 9.98. The van der Waals surface area contributed by atoms with Gasteiger partial charge in [-0.3, -0.25) is 0 Å². The number of halogens is 1. The highest BCUT2D eigenvalue weighted by molar-refractivity contribution is 5.21. The Morgan fingerprint density at radius 3 is 2.46 bits per heavy atom. The maximum absolute atomic E-state index is 12.5. The highest BCUT2D eigenvalue weighted by atomic mass is 19.1. The van der Waals surface area contributed by atoms with Crippen molar-refractivity contribution in [2.24, 2.45) is 0 Å². The lowest BCUT2D eigenvalue weighted by molar-refractivity contribution is 0.123. The number of benzene rings is 1. The van der Waals surface area contributed by atoms with Gasteiger partial charge in [0.05, 0.1) is 0 Å². The van der Waals surface area contributed by atoms with Crippen molar-refractivity contribution in [1.29, 1.82) is 0 Å². The summed E-state index contributed by atoms with van der Waals surface area (Å²) in [7, 11) is 0. The fourth-order valence-electron chi connectivity index (χ4n) is 1.05. The summed E-state index contributed by atoms with van der Waals surface area (Å²) in [5, 5.41) is 9.52. The second-order valence-electron chi connectivity index (χ2n) is 3.22. The molecule has 1 atom stereocenters. The molecule has 0 spiro atoms. The zero-order valence-electron chi connectivity index (χ0n) is 7.42. The first kappa shape index (κ1) is 9.76. The van der Waals surface area contributed by atoms with Crippen LogP contribution in [-0.2, 0) is 6.42 Å². The van der Waals surface area contributed by atoms with E-state index in [1.807, 2.05) is 0 Å². The molecule has 1 aromatic carbocycles. The molecule has 0 bridgehead atoms. The van der Waals surface area contributed by atoms with Crippen molar-refractivity contribution in [3.63, 3.8) is 0 Å². The van der Waals surface area contributed by atoms with Crippen molar-refractivity contribution < 1.29 is 9.50 Å². The Bertz CT molecular complexity index is 319. The fourth-order valence-corrected chi connectivity index (χ4v) is 1.05.